The number of methoxy groups -OCH3 is 1. The number of hydrogen-bond donors (Lipinski definition) is 0. The Balaban J connectivity index is 2.15. The topological polar surface area (TPSA) is 26.3 Å². The first-order chi connectivity index (χ1) is 11.4. The summed E-state index contributed by atoms with van der Waals surface area (Å²) in [6.45, 7) is 6.00. The molecule has 0 atom stereocenters. The molecule has 2 aromatic carbocycles. The highest BCUT2D eigenvalue weighted by atomic mass is 32.1. The SMILES string of the molecule is CC#Cc1ccc2sc3ccc(C(C)(C)CC(=O)OC)cc3c2c1. The van der Waals surface area contributed by atoms with Crippen LogP contribution in [0, 0.1) is 11.8 Å². The molecule has 122 valence electrons. The smallest absolute Gasteiger partial charge is 0.306 e. The number of fused-ring (bicyclic) bond motifs is 3. The summed E-state index contributed by atoms with van der Waals surface area (Å²) in [5.74, 6) is 5.90. The van der Waals surface area contributed by atoms with E-state index in [0.717, 1.165) is 11.1 Å². The van der Waals surface area contributed by atoms with Crippen molar-refractivity contribution in [2.75, 3.05) is 7.11 Å². The van der Waals surface area contributed by atoms with E-state index in [1.54, 1.807) is 11.3 Å². The molecule has 3 aromatic rings. The molecule has 2 nitrogen and oxygen atoms in total. The van der Waals surface area contributed by atoms with Crippen LogP contribution >= 0.6 is 11.3 Å². The molecule has 0 aliphatic heterocycles. The monoisotopic (exact) mass is 336 g/mol. The van der Waals surface area contributed by atoms with Crippen LogP contribution in [-0.2, 0) is 14.9 Å². The molecule has 0 bridgehead atoms. The van der Waals surface area contributed by atoms with Gasteiger partial charge in [-0.15, -0.1) is 17.3 Å². The molecule has 24 heavy (non-hydrogen) atoms. The number of thiophene rings is 1. The van der Waals surface area contributed by atoms with Crippen molar-refractivity contribution >= 4 is 37.5 Å². The van der Waals surface area contributed by atoms with Gasteiger partial charge in [0, 0.05) is 31.2 Å². The Morgan fingerprint density at radius 1 is 1.12 bits per heavy atom. The van der Waals surface area contributed by atoms with Crippen molar-refractivity contribution in [3.63, 3.8) is 0 Å². The second kappa shape index (κ2) is 6.30. The lowest BCUT2D eigenvalue weighted by Gasteiger charge is -2.24. The zero-order valence-corrected chi connectivity index (χ0v) is 15.2. The first-order valence-corrected chi connectivity index (χ1v) is 8.72. The minimum absolute atomic E-state index is 0.184. The number of benzene rings is 2. The van der Waals surface area contributed by atoms with Gasteiger partial charge in [0.2, 0.25) is 0 Å². The zero-order chi connectivity index (χ0) is 17.3. The van der Waals surface area contributed by atoms with Gasteiger partial charge >= 0.3 is 5.97 Å². The van der Waals surface area contributed by atoms with Crippen molar-refractivity contribution in [1.82, 2.24) is 0 Å². The molecule has 0 saturated heterocycles. The maximum atomic E-state index is 11.7. The van der Waals surface area contributed by atoms with Crippen LogP contribution in [0.25, 0.3) is 20.2 Å². The van der Waals surface area contributed by atoms with E-state index in [0.29, 0.717) is 6.42 Å². The molecular formula is C21H20O2S. The molecule has 3 heteroatoms. The van der Waals surface area contributed by atoms with E-state index < -0.39 is 0 Å². The predicted molar refractivity (Wildman–Crippen MR) is 102 cm³/mol. The maximum absolute atomic E-state index is 11.7. The van der Waals surface area contributed by atoms with Gasteiger partial charge in [0.05, 0.1) is 13.5 Å². The second-order valence-corrected chi connectivity index (χ2v) is 7.62. The Hall–Kier alpha value is -2.31. The second-order valence-electron chi connectivity index (χ2n) is 6.54. The van der Waals surface area contributed by atoms with Gasteiger partial charge in [-0.05, 0) is 42.8 Å². The Morgan fingerprint density at radius 3 is 2.46 bits per heavy atom. The normalized spacial score (nSPS) is 11.3. The third-order valence-electron chi connectivity index (χ3n) is 4.33. The van der Waals surface area contributed by atoms with Gasteiger partial charge < -0.3 is 4.74 Å². The van der Waals surface area contributed by atoms with Crippen LogP contribution in [0.1, 0.15) is 38.3 Å². The molecule has 0 unspecified atom stereocenters. The third kappa shape index (κ3) is 3.02. The van der Waals surface area contributed by atoms with Crippen LogP contribution in [-0.4, -0.2) is 13.1 Å². The molecule has 0 spiro atoms. The fourth-order valence-electron chi connectivity index (χ4n) is 2.96. The van der Waals surface area contributed by atoms with E-state index in [4.69, 9.17) is 4.74 Å². The average molecular weight is 336 g/mol. The summed E-state index contributed by atoms with van der Waals surface area (Å²) >= 11 is 1.79. The van der Waals surface area contributed by atoms with E-state index in [-0.39, 0.29) is 11.4 Å². The number of ether oxygens (including phenoxy) is 1. The van der Waals surface area contributed by atoms with Crippen molar-refractivity contribution in [1.29, 1.82) is 0 Å². The lowest BCUT2D eigenvalue weighted by Crippen LogP contribution is -2.22. The van der Waals surface area contributed by atoms with Gasteiger partial charge in [0.15, 0.2) is 0 Å². The molecular weight excluding hydrogens is 316 g/mol. The molecule has 0 amide bonds. The van der Waals surface area contributed by atoms with Gasteiger partial charge in [-0.2, -0.15) is 0 Å². The molecule has 1 heterocycles. The van der Waals surface area contributed by atoms with E-state index in [1.807, 2.05) is 6.92 Å². The van der Waals surface area contributed by atoms with Crippen molar-refractivity contribution in [3.05, 3.63) is 47.5 Å². The summed E-state index contributed by atoms with van der Waals surface area (Å²) in [6, 6.07) is 12.8. The number of esters is 1. The lowest BCUT2D eigenvalue weighted by atomic mass is 9.81. The molecule has 0 N–H and O–H groups in total. The third-order valence-corrected chi connectivity index (χ3v) is 5.49. The first kappa shape index (κ1) is 16.5. The van der Waals surface area contributed by atoms with Crippen LogP contribution < -0.4 is 0 Å². The highest BCUT2D eigenvalue weighted by molar-refractivity contribution is 7.25. The summed E-state index contributed by atoms with van der Waals surface area (Å²) in [5.41, 5.74) is 1.91. The van der Waals surface area contributed by atoms with Gasteiger partial charge in [-0.3, -0.25) is 4.79 Å². The summed E-state index contributed by atoms with van der Waals surface area (Å²) < 4.78 is 7.35. The van der Waals surface area contributed by atoms with Gasteiger partial charge in [0.25, 0.3) is 0 Å². The standard InChI is InChI=1S/C21H20O2S/c1-5-6-14-7-9-18-16(11-14)17-12-15(8-10-19(17)24-18)21(2,3)13-20(22)23-4/h7-12H,13H2,1-4H3. The molecule has 0 radical (unpaired) electrons. The summed E-state index contributed by atoms with van der Waals surface area (Å²) in [5, 5.41) is 2.45. The van der Waals surface area contributed by atoms with E-state index in [2.05, 4.69) is 62.1 Å². The minimum atomic E-state index is -0.267. The van der Waals surface area contributed by atoms with Gasteiger partial charge in [-0.1, -0.05) is 25.8 Å². The predicted octanol–water partition coefficient (Wildman–Crippen LogP) is 5.27. The molecule has 0 saturated carbocycles. The molecule has 3 rings (SSSR count). The van der Waals surface area contributed by atoms with Crippen LogP contribution in [0.15, 0.2) is 36.4 Å². The van der Waals surface area contributed by atoms with Crippen molar-refractivity contribution in [2.45, 2.75) is 32.6 Å². The van der Waals surface area contributed by atoms with Crippen molar-refractivity contribution < 1.29 is 9.53 Å². The van der Waals surface area contributed by atoms with Gasteiger partial charge in [-0.25, -0.2) is 0 Å². The Bertz CT molecular complexity index is 983. The summed E-state index contributed by atoms with van der Waals surface area (Å²) in [7, 11) is 1.43. The number of carbonyl (C=O) groups excluding carboxylic acids is 1. The Labute approximate surface area is 146 Å². The van der Waals surface area contributed by atoms with E-state index in [1.165, 1.54) is 27.3 Å². The molecule has 0 fully saturated rings. The number of hydrogen-bond acceptors (Lipinski definition) is 3. The summed E-state index contributed by atoms with van der Waals surface area (Å²) in [4.78, 5) is 11.7. The fraction of sp³-hybridized carbons (Fsp3) is 0.286. The van der Waals surface area contributed by atoms with Crippen molar-refractivity contribution in [2.24, 2.45) is 0 Å². The molecule has 0 aliphatic carbocycles. The van der Waals surface area contributed by atoms with Crippen LogP contribution in [0.4, 0.5) is 0 Å². The minimum Gasteiger partial charge on any atom is -0.469 e. The Kier molecular flexibility index (Phi) is 4.34. The fourth-order valence-corrected chi connectivity index (χ4v) is 4.02. The average Bonchev–Trinajstić information content (AvgIpc) is 2.92. The highest BCUT2D eigenvalue weighted by Crippen LogP contribution is 2.38. The summed E-state index contributed by atoms with van der Waals surface area (Å²) in [6.07, 6.45) is 0.365. The van der Waals surface area contributed by atoms with Crippen molar-refractivity contribution in [3.8, 4) is 11.8 Å². The van der Waals surface area contributed by atoms with Gasteiger partial charge in [0.1, 0.15) is 0 Å². The molecule has 1 aromatic heterocycles. The molecule has 0 aliphatic rings. The van der Waals surface area contributed by atoms with Crippen LogP contribution in [0.3, 0.4) is 0 Å². The van der Waals surface area contributed by atoms with Crippen LogP contribution in [0.5, 0.6) is 0 Å². The largest absolute Gasteiger partial charge is 0.469 e. The highest BCUT2D eigenvalue weighted by Gasteiger charge is 2.25. The maximum Gasteiger partial charge on any atom is 0.306 e. The first-order valence-electron chi connectivity index (χ1n) is 7.91. The number of carbonyl (C=O) groups is 1. The Morgan fingerprint density at radius 2 is 1.79 bits per heavy atom. The lowest BCUT2D eigenvalue weighted by molar-refractivity contribution is -0.141. The number of rotatable bonds is 3. The van der Waals surface area contributed by atoms with E-state index >= 15 is 0 Å². The quantitative estimate of drug-likeness (QED) is 0.481. The van der Waals surface area contributed by atoms with Crippen LogP contribution in [0.2, 0.25) is 0 Å². The van der Waals surface area contributed by atoms with E-state index in [9.17, 15) is 4.79 Å². The zero-order valence-electron chi connectivity index (χ0n) is 14.4.